The van der Waals surface area contributed by atoms with Gasteiger partial charge in [0.2, 0.25) is 0 Å². The fraction of sp³-hybridized carbons (Fsp3) is 0.0189. The lowest BCUT2D eigenvalue weighted by atomic mass is 9.67. The molecule has 3 heteroatoms. The van der Waals surface area contributed by atoms with E-state index in [2.05, 4.69) is 200 Å². The van der Waals surface area contributed by atoms with Crippen LogP contribution in [0.15, 0.2) is 206 Å². The Labute approximate surface area is 330 Å². The average Bonchev–Trinajstić information content (AvgIpc) is 3.81. The van der Waals surface area contributed by atoms with E-state index >= 15 is 0 Å². The van der Waals surface area contributed by atoms with Crippen molar-refractivity contribution >= 4 is 31.5 Å². The molecular weight excluding hydrogens is 697 g/mol. The molecule has 0 fully saturated rings. The number of hydrogen-bond acceptors (Lipinski definition) is 3. The second kappa shape index (κ2) is 13.1. The Kier molecular flexibility index (Phi) is 7.61. The van der Waals surface area contributed by atoms with E-state index in [-0.39, 0.29) is 0 Å². The first-order chi connectivity index (χ1) is 27.8. The molecule has 2 heterocycles. The molecule has 2 aromatic heterocycles. The van der Waals surface area contributed by atoms with Gasteiger partial charge in [-0.1, -0.05) is 182 Å². The van der Waals surface area contributed by atoms with E-state index < -0.39 is 5.41 Å². The van der Waals surface area contributed by atoms with Gasteiger partial charge in [0.05, 0.1) is 16.8 Å². The number of aromatic nitrogens is 2. The van der Waals surface area contributed by atoms with Crippen molar-refractivity contribution in [1.82, 2.24) is 9.97 Å². The SMILES string of the molecule is c1ccc(-c2nc(-c3ccc(-c4cccc5sc6ccccc6c45)cc3)cc(-c3ccc4c(c3)C(c3ccccc3)(c3ccccc3)c3ccccc3-4)n2)cc1. The number of thiophene rings is 1. The molecule has 1 aliphatic carbocycles. The second-order valence-corrected chi connectivity index (χ2v) is 15.6. The summed E-state index contributed by atoms with van der Waals surface area (Å²) in [6.07, 6.45) is 0. The summed E-state index contributed by atoms with van der Waals surface area (Å²) in [6, 6.07) is 74.4. The summed E-state index contributed by atoms with van der Waals surface area (Å²) < 4.78 is 2.62. The van der Waals surface area contributed by atoms with Crippen molar-refractivity contribution in [1.29, 1.82) is 0 Å². The smallest absolute Gasteiger partial charge is 0.160 e. The van der Waals surface area contributed by atoms with Gasteiger partial charge in [-0.2, -0.15) is 0 Å². The minimum Gasteiger partial charge on any atom is -0.228 e. The number of nitrogens with zero attached hydrogens (tertiary/aromatic N) is 2. The van der Waals surface area contributed by atoms with Crippen molar-refractivity contribution in [2.45, 2.75) is 5.41 Å². The van der Waals surface area contributed by atoms with Gasteiger partial charge in [0.1, 0.15) is 0 Å². The highest BCUT2D eigenvalue weighted by Crippen LogP contribution is 2.56. The highest BCUT2D eigenvalue weighted by Gasteiger charge is 2.46. The Morgan fingerprint density at radius 3 is 1.66 bits per heavy atom. The third kappa shape index (κ3) is 5.09. The fourth-order valence-corrected chi connectivity index (χ4v) is 10.0. The molecule has 0 unspecified atom stereocenters. The van der Waals surface area contributed by atoms with Crippen LogP contribution in [0.4, 0.5) is 0 Å². The molecule has 1 aliphatic rings. The monoisotopic (exact) mass is 730 g/mol. The van der Waals surface area contributed by atoms with Crippen LogP contribution in [-0.2, 0) is 5.41 Å². The van der Waals surface area contributed by atoms with Crippen LogP contribution in [0.1, 0.15) is 22.3 Å². The molecule has 11 rings (SSSR count). The lowest BCUT2D eigenvalue weighted by molar-refractivity contribution is 0.768. The van der Waals surface area contributed by atoms with E-state index in [1.54, 1.807) is 0 Å². The zero-order valence-electron chi connectivity index (χ0n) is 30.4. The molecule has 8 aromatic carbocycles. The van der Waals surface area contributed by atoms with E-state index in [9.17, 15) is 0 Å². The maximum absolute atomic E-state index is 5.28. The predicted octanol–water partition coefficient (Wildman–Crippen LogP) is 13.9. The lowest BCUT2D eigenvalue weighted by Crippen LogP contribution is -2.28. The van der Waals surface area contributed by atoms with Crippen LogP contribution in [0.5, 0.6) is 0 Å². The first-order valence-corrected chi connectivity index (χ1v) is 19.9. The summed E-state index contributed by atoms with van der Waals surface area (Å²) in [4.78, 5) is 10.5. The Morgan fingerprint density at radius 1 is 0.357 bits per heavy atom. The Balaban J connectivity index is 1.08. The van der Waals surface area contributed by atoms with Crippen molar-refractivity contribution in [3.8, 4) is 56.2 Å². The van der Waals surface area contributed by atoms with Gasteiger partial charge in [-0.25, -0.2) is 9.97 Å². The topological polar surface area (TPSA) is 25.8 Å². The van der Waals surface area contributed by atoms with Gasteiger partial charge in [-0.3, -0.25) is 0 Å². The Bertz CT molecular complexity index is 3020. The van der Waals surface area contributed by atoms with Crippen LogP contribution < -0.4 is 0 Å². The van der Waals surface area contributed by atoms with E-state index in [4.69, 9.17) is 9.97 Å². The molecular formula is C53H34N2S. The van der Waals surface area contributed by atoms with E-state index in [0.717, 1.165) is 28.1 Å². The first kappa shape index (κ1) is 32.5. The number of rotatable bonds is 6. The van der Waals surface area contributed by atoms with Crippen molar-refractivity contribution < 1.29 is 0 Å². The van der Waals surface area contributed by atoms with Gasteiger partial charge in [-0.05, 0) is 68.8 Å². The third-order valence-corrected chi connectivity index (χ3v) is 12.5. The largest absolute Gasteiger partial charge is 0.228 e. The molecule has 0 N–H and O–H groups in total. The number of benzene rings is 8. The molecule has 0 bridgehead atoms. The quantitative estimate of drug-likeness (QED) is 0.170. The summed E-state index contributed by atoms with van der Waals surface area (Å²) in [6.45, 7) is 0. The minimum atomic E-state index is -0.491. The summed E-state index contributed by atoms with van der Waals surface area (Å²) in [5.41, 5.74) is 14.4. The molecule has 2 nitrogen and oxygen atoms in total. The highest BCUT2D eigenvalue weighted by molar-refractivity contribution is 7.25. The van der Waals surface area contributed by atoms with Crippen LogP contribution in [0.3, 0.4) is 0 Å². The van der Waals surface area contributed by atoms with E-state index in [0.29, 0.717) is 5.82 Å². The van der Waals surface area contributed by atoms with Crippen molar-refractivity contribution in [3.05, 3.63) is 229 Å². The van der Waals surface area contributed by atoms with Crippen LogP contribution in [0, 0.1) is 0 Å². The van der Waals surface area contributed by atoms with E-state index in [1.807, 2.05) is 17.4 Å². The lowest BCUT2D eigenvalue weighted by Gasteiger charge is -2.34. The van der Waals surface area contributed by atoms with Gasteiger partial charge < -0.3 is 0 Å². The van der Waals surface area contributed by atoms with Gasteiger partial charge >= 0.3 is 0 Å². The predicted molar refractivity (Wildman–Crippen MR) is 234 cm³/mol. The highest BCUT2D eigenvalue weighted by atomic mass is 32.1. The maximum Gasteiger partial charge on any atom is 0.160 e. The third-order valence-electron chi connectivity index (χ3n) is 11.4. The summed E-state index contributed by atoms with van der Waals surface area (Å²) in [5, 5.41) is 2.62. The van der Waals surface area contributed by atoms with Crippen LogP contribution in [-0.4, -0.2) is 9.97 Å². The summed E-state index contributed by atoms with van der Waals surface area (Å²) >= 11 is 1.85. The van der Waals surface area contributed by atoms with Crippen LogP contribution in [0.25, 0.3) is 76.3 Å². The number of fused-ring (bicyclic) bond motifs is 6. The van der Waals surface area contributed by atoms with Gasteiger partial charge in [0.15, 0.2) is 5.82 Å². The van der Waals surface area contributed by atoms with E-state index in [1.165, 1.54) is 64.7 Å². The second-order valence-electron chi connectivity index (χ2n) is 14.5. The molecule has 0 saturated carbocycles. The Morgan fingerprint density at radius 2 is 0.911 bits per heavy atom. The van der Waals surface area contributed by atoms with Crippen LogP contribution >= 0.6 is 11.3 Å². The molecule has 0 amide bonds. The molecule has 10 aromatic rings. The van der Waals surface area contributed by atoms with Crippen LogP contribution in [0.2, 0.25) is 0 Å². The van der Waals surface area contributed by atoms with Gasteiger partial charge in [0, 0.05) is 36.9 Å². The van der Waals surface area contributed by atoms with Gasteiger partial charge in [0.25, 0.3) is 0 Å². The van der Waals surface area contributed by atoms with Gasteiger partial charge in [-0.15, -0.1) is 11.3 Å². The zero-order chi connectivity index (χ0) is 37.1. The molecule has 0 radical (unpaired) electrons. The summed E-state index contributed by atoms with van der Waals surface area (Å²) in [5.74, 6) is 0.706. The van der Waals surface area contributed by atoms with Crippen molar-refractivity contribution in [3.63, 3.8) is 0 Å². The molecule has 262 valence electrons. The zero-order valence-corrected chi connectivity index (χ0v) is 31.2. The maximum atomic E-state index is 5.28. The molecule has 0 saturated heterocycles. The van der Waals surface area contributed by atoms with Crippen molar-refractivity contribution in [2.75, 3.05) is 0 Å². The molecule has 0 atom stereocenters. The summed E-state index contributed by atoms with van der Waals surface area (Å²) in [7, 11) is 0. The normalized spacial score (nSPS) is 12.8. The molecule has 0 aliphatic heterocycles. The standard InChI is InChI=1S/C53H34N2S/c1-4-15-37(16-5-1)52-54-47(36-29-27-35(28-30-36)41-23-14-26-50-51(41)44-22-11-13-25-49(44)56-50)34-48(55-52)38-31-32-43-42-21-10-12-24-45(42)53(46(43)33-38,39-17-6-2-7-18-39)40-19-8-3-9-20-40/h1-34H. The minimum absolute atomic E-state index is 0.491. The average molecular weight is 731 g/mol. The number of hydrogen-bond donors (Lipinski definition) is 0. The fourth-order valence-electron chi connectivity index (χ4n) is 8.90. The molecule has 56 heavy (non-hydrogen) atoms. The Hall–Kier alpha value is -6.94. The molecule has 0 spiro atoms. The van der Waals surface area contributed by atoms with Crippen molar-refractivity contribution in [2.24, 2.45) is 0 Å². The first-order valence-electron chi connectivity index (χ1n) is 19.1.